The van der Waals surface area contributed by atoms with Gasteiger partial charge in [0.25, 0.3) is 0 Å². The van der Waals surface area contributed by atoms with Gasteiger partial charge in [0, 0.05) is 7.11 Å². The molecule has 1 rings (SSSR count). The van der Waals surface area contributed by atoms with Gasteiger partial charge in [-0.1, -0.05) is 0 Å². The average Bonchev–Trinajstić information content (AvgIpc) is 2.45. The molecular weight excluding hydrogens is 262 g/mol. The van der Waals surface area contributed by atoms with Gasteiger partial charge in [0.15, 0.2) is 11.5 Å². The van der Waals surface area contributed by atoms with Crippen LogP contribution in [0, 0.1) is 0 Å². The predicted molar refractivity (Wildman–Crippen MR) is 74.5 cm³/mol. The molecule has 6 heteroatoms. The Balaban J connectivity index is 3.03. The van der Waals surface area contributed by atoms with Crippen LogP contribution in [0.15, 0.2) is 12.1 Å². The summed E-state index contributed by atoms with van der Waals surface area (Å²) in [6, 6.07) is 3.41. The molecule has 1 aromatic rings. The van der Waals surface area contributed by atoms with E-state index in [2.05, 4.69) is 5.32 Å². The zero-order chi connectivity index (χ0) is 15.1. The highest BCUT2D eigenvalue weighted by molar-refractivity contribution is 5.77. The van der Waals surface area contributed by atoms with Crippen molar-refractivity contribution in [3.8, 4) is 17.2 Å². The molecule has 0 saturated heterocycles. The van der Waals surface area contributed by atoms with E-state index in [-0.39, 0.29) is 18.6 Å². The third-order valence-corrected chi connectivity index (χ3v) is 2.84. The summed E-state index contributed by atoms with van der Waals surface area (Å²) < 4.78 is 20.6. The molecule has 0 radical (unpaired) electrons. The number of carbonyl (C=O) groups is 1. The van der Waals surface area contributed by atoms with Crippen molar-refractivity contribution in [2.24, 2.45) is 0 Å². The van der Waals surface area contributed by atoms with E-state index in [0.717, 1.165) is 5.56 Å². The van der Waals surface area contributed by atoms with E-state index in [4.69, 9.17) is 18.9 Å². The molecule has 1 atom stereocenters. The van der Waals surface area contributed by atoms with E-state index in [0.29, 0.717) is 17.2 Å². The SMILES string of the molecule is COCC(=O)NC(C)c1cc(OC)c(OC)c(OC)c1. The molecule has 1 unspecified atom stereocenters. The Labute approximate surface area is 119 Å². The quantitative estimate of drug-likeness (QED) is 0.822. The predicted octanol–water partition coefficient (Wildman–Crippen LogP) is 1.54. The standard InChI is InChI=1S/C14H21NO5/c1-9(15-13(16)8-17-2)10-6-11(18-3)14(20-5)12(7-10)19-4/h6-7,9H,8H2,1-5H3,(H,15,16). The molecule has 0 aliphatic rings. The van der Waals surface area contributed by atoms with Gasteiger partial charge in [-0.05, 0) is 24.6 Å². The number of benzene rings is 1. The molecule has 0 fully saturated rings. The maximum atomic E-state index is 11.5. The first kappa shape index (κ1) is 16.1. The Bertz CT molecular complexity index is 436. The lowest BCUT2D eigenvalue weighted by Crippen LogP contribution is -2.29. The minimum atomic E-state index is -0.202. The fraction of sp³-hybridized carbons (Fsp3) is 0.500. The molecule has 0 bridgehead atoms. The van der Waals surface area contributed by atoms with Crippen molar-refractivity contribution in [3.63, 3.8) is 0 Å². The lowest BCUT2D eigenvalue weighted by molar-refractivity contribution is -0.125. The molecule has 1 amide bonds. The molecule has 0 heterocycles. The number of hydrogen-bond donors (Lipinski definition) is 1. The Morgan fingerprint density at radius 1 is 1.10 bits per heavy atom. The number of methoxy groups -OCH3 is 4. The summed E-state index contributed by atoms with van der Waals surface area (Å²) in [6.45, 7) is 1.89. The lowest BCUT2D eigenvalue weighted by Gasteiger charge is -2.18. The summed E-state index contributed by atoms with van der Waals surface area (Å²) in [6.07, 6.45) is 0. The maximum absolute atomic E-state index is 11.5. The van der Waals surface area contributed by atoms with Crippen molar-refractivity contribution in [1.29, 1.82) is 0 Å². The molecule has 112 valence electrons. The molecule has 0 aliphatic carbocycles. The average molecular weight is 283 g/mol. The van der Waals surface area contributed by atoms with Crippen LogP contribution in [0.2, 0.25) is 0 Å². The smallest absolute Gasteiger partial charge is 0.246 e. The molecule has 20 heavy (non-hydrogen) atoms. The van der Waals surface area contributed by atoms with Crippen LogP contribution in [0.25, 0.3) is 0 Å². The fourth-order valence-electron chi connectivity index (χ4n) is 1.85. The number of nitrogens with one attached hydrogen (secondary N) is 1. The first-order valence-corrected chi connectivity index (χ1v) is 6.15. The highest BCUT2D eigenvalue weighted by atomic mass is 16.5. The second kappa shape index (κ2) is 7.59. The van der Waals surface area contributed by atoms with Crippen LogP contribution >= 0.6 is 0 Å². The molecular formula is C14H21NO5. The number of ether oxygens (including phenoxy) is 4. The summed E-state index contributed by atoms with van der Waals surface area (Å²) in [4.78, 5) is 11.5. The van der Waals surface area contributed by atoms with Crippen molar-refractivity contribution in [2.75, 3.05) is 35.0 Å². The van der Waals surface area contributed by atoms with Crippen LogP contribution < -0.4 is 19.5 Å². The number of carbonyl (C=O) groups excluding carboxylic acids is 1. The maximum Gasteiger partial charge on any atom is 0.246 e. The van der Waals surface area contributed by atoms with Gasteiger partial charge >= 0.3 is 0 Å². The van der Waals surface area contributed by atoms with Crippen molar-refractivity contribution in [1.82, 2.24) is 5.32 Å². The van der Waals surface area contributed by atoms with Crippen molar-refractivity contribution >= 4 is 5.91 Å². The Kier molecular flexibility index (Phi) is 6.11. The highest BCUT2D eigenvalue weighted by Crippen LogP contribution is 2.39. The summed E-state index contributed by atoms with van der Waals surface area (Å²) in [5.74, 6) is 1.44. The van der Waals surface area contributed by atoms with Crippen LogP contribution in [0.5, 0.6) is 17.2 Å². The first-order valence-electron chi connectivity index (χ1n) is 6.15. The van der Waals surface area contributed by atoms with Crippen LogP contribution in [0.4, 0.5) is 0 Å². The summed E-state index contributed by atoms with van der Waals surface area (Å²) in [7, 11) is 6.12. The number of rotatable bonds is 7. The van der Waals surface area contributed by atoms with Gasteiger partial charge < -0.3 is 24.3 Å². The summed E-state index contributed by atoms with van der Waals surface area (Å²) in [5, 5.41) is 2.82. The molecule has 0 saturated carbocycles. The van der Waals surface area contributed by atoms with E-state index in [9.17, 15) is 4.79 Å². The van der Waals surface area contributed by atoms with Gasteiger partial charge in [-0.15, -0.1) is 0 Å². The number of hydrogen-bond acceptors (Lipinski definition) is 5. The third kappa shape index (κ3) is 3.77. The van der Waals surface area contributed by atoms with Crippen molar-refractivity contribution in [3.05, 3.63) is 17.7 Å². The largest absolute Gasteiger partial charge is 0.493 e. The van der Waals surface area contributed by atoms with Crippen LogP contribution in [0.1, 0.15) is 18.5 Å². The van der Waals surface area contributed by atoms with E-state index >= 15 is 0 Å². The zero-order valence-corrected chi connectivity index (χ0v) is 12.5. The van der Waals surface area contributed by atoms with Crippen LogP contribution in [-0.2, 0) is 9.53 Å². The molecule has 0 aliphatic heterocycles. The molecule has 1 aromatic carbocycles. The van der Waals surface area contributed by atoms with E-state index < -0.39 is 0 Å². The first-order chi connectivity index (χ1) is 9.57. The molecule has 6 nitrogen and oxygen atoms in total. The van der Waals surface area contributed by atoms with Gasteiger partial charge in [-0.2, -0.15) is 0 Å². The molecule has 0 spiro atoms. The van der Waals surface area contributed by atoms with E-state index in [1.807, 2.05) is 6.92 Å². The van der Waals surface area contributed by atoms with Gasteiger partial charge in [0.1, 0.15) is 6.61 Å². The lowest BCUT2D eigenvalue weighted by atomic mass is 10.1. The Morgan fingerprint density at radius 3 is 2.05 bits per heavy atom. The summed E-state index contributed by atoms with van der Waals surface area (Å²) >= 11 is 0. The fourth-order valence-corrected chi connectivity index (χ4v) is 1.85. The second-order valence-electron chi connectivity index (χ2n) is 4.18. The minimum Gasteiger partial charge on any atom is -0.493 e. The van der Waals surface area contributed by atoms with Gasteiger partial charge in [0.05, 0.1) is 27.4 Å². The van der Waals surface area contributed by atoms with Crippen molar-refractivity contribution in [2.45, 2.75) is 13.0 Å². The second-order valence-corrected chi connectivity index (χ2v) is 4.18. The van der Waals surface area contributed by atoms with Gasteiger partial charge in [0.2, 0.25) is 11.7 Å². The van der Waals surface area contributed by atoms with Crippen LogP contribution in [0.3, 0.4) is 0 Å². The third-order valence-electron chi connectivity index (χ3n) is 2.84. The van der Waals surface area contributed by atoms with Gasteiger partial charge in [-0.3, -0.25) is 4.79 Å². The molecule has 0 aromatic heterocycles. The topological polar surface area (TPSA) is 66.0 Å². The van der Waals surface area contributed by atoms with Crippen molar-refractivity contribution < 1.29 is 23.7 Å². The molecule has 1 N–H and O–H groups in total. The van der Waals surface area contributed by atoms with Crippen LogP contribution in [-0.4, -0.2) is 41.0 Å². The summed E-state index contributed by atoms with van der Waals surface area (Å²) in [5.41, 5.74) is 0.851. The Morgan fingerprint density at radius 2 is 1.65 bits per heavy atom. The normalized spacial score (nSPS) is 11.7. The van der Waals surface area contributed by atoms with E-state index in [1.54, 1.807) is 33.5 Å². The Hall–Kier alpha value is -1.95. The highest BCUT2D eigenvalue weighted by Gasteiger charge is 2.17. The number of amides is 1. The monoisotopic (exact) mass is 283 g/mol. The minimum absolute atomic E-state index is 0.0226. The van der Waals surface area contributed by atoms with Gasteiger partial charge in [-0.25, -0.2) is 0 Å². The van der Waals surface area contributed by atoms with E-state index in [1.165, 1.54) is 7.11 Å². The zero-order valence-electron chi connectivity index (χ0n) is 12.5.